The largest absolute Gasteiger partial charge is 0.465 e. The van der Waals surface area contributed by atoms with Gasteiger partial charge in [0, 0.05) is 0 Å². The summed E-state index contributed by atoms with van der Waals surface area (Å²) in [6.45, 7) is -0.240. The van der Waals surface area contributed by atoms with E-state index in [2.05, 4.69) is 11.8 Å². The lowest BCUT2D eigenvalue weighted by atomic mass is 10.3. The molecule has 4 heteroatoms. The molecule has 0 rings (SSSR count). The highest BCUT2D eigenvalue weighted by Gasteiger charge is 2.15. The van der Waals surface area contributed by atoms with E-state index in [-0.39, 0.29) is 6.61 Å². The zero-order valence-electron chi connectivity index (χ0n) is 5.33. The van der Waals surface area contributed by atoms with E-state index in [4.69, 9.17) is 5.11 Å². The van der Waals surface area contributed by atoms with Gasteiger partial charge in [0.1, 0.15) is 6.61 Å². The summed E-state index contributed by atoms with van der Waals surface area (Å²) >= 11 is 0. The molecule has 54 valence electrons. The van der Waals surface area contributed by atoms with Crippen LogP contribution in [0.4, 0.5) is 0 Å². The quantitative estimate of drug-likeness (QED) is 0.341. The Labute approximate surface area is 53.8 Å². The first kappa shape index (κ1) is 8.39. The maximum atomic E-state index is 10.5. The van der Waals surface area contributed by atoms with Gasteiger partial charge in [-0.15, -0.1) is 0 Å². The van der Waals surface area contributed by atoms with E-state index < -0.39 is 12.0 Å². The minimum atomic E-state index is -0.574. The monoisotopic (exact) mass is 133 g/mol. The number of quaternary nitrogens is 1. The van der Waals surface area contributed by atoms with Gasteiger partial charge in [0.2, 0.25) is 0 Å². The highest BCUT2D eigenvalue weighted by molar-refractivity contribution is 5.73. The van der Waals surface area contributed by atoms with Crippen molar-refractivity contribution in [1.29, 1.82) is 0 Å². The van der Waals surface area contributed by atoms with Gasteiger partial charge in [0.05, 0.1) is 7.11 Å². The van der Waals surface area contributed by atoms with Crippen molar-refractivity contribution in [3.05, 3.63) is 7.05 Å². The third-order valence-corrected chi connectivity index (χ3v) is 0.985. The van der Waals surface area contributed by atoms with Crippen LogP contribution in [0.5, 0.6) is 0 Å². The van der Waals surface area contributed by atoms with Gasteiger partial charge in [-0.3, -0.25) is 0 Å². The van der Waals surface area contributed by atoms with Crippen LogP contribution < -0.4 is 5.32 Å². The number of carbonyl (C=O) groups is 1. The molecule has 0 saturated heterocycles. The van der Waals surface area contributed by atoms with Gasteiger partial charge in [-0.25, -0.2) is 4.79 Å². The molecule has 0 amide bonds. The highest BCUT2D eigenvalue weighted by Crippen LogP contribution is 1.77. The Kier molecular flexibility index (Phi) is 4.00. The first-order valence-corrected chi connectivity index (χ1v) is 2.57. The third kappa shape index (κ3) is 2.43. The van der Waals surface area contributed by atoms with E-state index in [1.807, 2.05) is 0 Å². The van der Waals surface area contributed by atoms with Crippen LogP contribution in [0.15, 0.2) is 0 Å². The average Bonchev–Trinajstić information content (AvgIpc) is 1.90. The van der Waals surface area contributed by atoms with E-state index in [9.17, 15) is 4.79 Å². The maximum Gasteiger partial charge on any atom is 0.364 e. The number of rotatable bonds is 3. The van der Waals surface area contributed by atoms with E-state index in [0.29, 0.717) is 0 Å². The summed E-state index contributed by atoms with van der Waals surface area (Å²) in [5, 5.41) is 9.81. The lowest BCUT2D eigenvalue weighted by Gasteiger charge is -2.09. The molecular weight excluding hydrogens is 122 g/mol. The average molecular weight is 133 g/mol. The van der Waals surface area contributed by atoms with E-state index in [0.717, 1.165) is 0 Å². The molecule has 0 aromatic heterocycles. The van der Waals surface area contributed by atoms with Crippen LogP contribution in [-0.4, -0.2) is 30.8 Å². The van der Waals surface area contributed by atoms with Crippen LogP contribution >= 0.6 is 0 Å². The number of ether oxygens (including phenoxy) is 1. The molecule has 0 bridgehead atoms. The van der Waals surface area contributed by atoms with Gasteiger partial charge in [-0.2, -0.15) is 7.05 Å². The zero-order valence-corrected chi connectivity index (χ0v) is 5.33. The minimum Gasteiger partial charge on any atom is -0.465 e. The number of aliphatic hydroxyl groups is 1. The fraction of sp³-hybridized carbons (Fsp3) is 0.600. The SMILES string of the molecule is [CH2-][NH2+][C@@H](CO)C(=O)OC. The molecule has 3 N–H and O–H groups in total. The standard InChI is InChI=1S/C5H11NO3/c1-6-4(3-7)5(8)9-2/h4,7H,1,3,6H2,2H3/t4-/m0/s1. The van der Waals surface area contributed by atoms with Crippen molar-refractivity contribution < 1.29 is 20.0 Å². The highest BCUT2D eigenvalue weighted by atomic mass is 16.5. The zero-order chi connectivity index (χ0) is 7.28. The first-order valence-electron chi connectivity index (χ1n) is 2.57. The summed E-state index contributed by atoms with van der Waals surface area (Å²) in [5.41, 5.74) is 0. The molecule has 0 aliphatic rings. The molecule has 0 unspecified atom stereocenters. The summed E-state index contributed by atoms with van der Waals surface area (Å²) in [5.74, 6) is -0.451. The molecular formula is C5H11NO3. The molecule has 0 aromatic carbocycles. The molecule has 0 aliphatic heterocycles. The van der Waals surface area contributed by atoms with Crippen molar-refractivity contribution in [3.63, 3.8) is 0 Å². The second-order valence-corrected chi connectivity index (χ2v) is 1.55. The fourth-order valence-electron chi connectivity index (χ4n) is 0.397. The Morgan fingerprint density at radius 1 is 2.00 bits per heavy atom. The van der Waals surface area contributed by atoms with Crippen molar-refractivity contribution in [3.8, 4) is 0 Å². The van der Waals surface area contributed by atoms with Gasteiger partial charge in [-0.05, 0) is 0 Å². The van der Waals surface area contributed by atoms with Crippen molar-refractivity contribution in [2.24, 2.45) is 0 Å². The molecule has 0 fully saturated rings. The number of carbonyl (C=O) groups excluding carboxylic acids is 1. The number of methoxy groups -OCH3 is 1. The van der Waals surface area contributed by atoms with Crippen LogP contribution in [0.25, 0.3) is 0 Å². The van der Waals surface area contributed by atoms with E-state index in [1.165, 1.54) is 12.4 Å². The van der Waals surface area contributed by atoms with E-state index in [1.54, 1.807) is 0 Å². The van der Waals surface area contributed by atoms with Gasteiger partial charge in [0.15, 0.2) is 6.04 Å². The predicted molar refractivity (Wildman–Crippen MR) is 30.2 cm³/mol. The lowest BCUT2D eigenvalue weighted by molar-refractivity contribution is -0.623. The number of aliphatic hydroxyl groups excluding tert-OH is 1. The normalized spacial score (nSPS) is 12.8. The van der Waals surface area contributed by atoms with E-state index >= 15 is 0 Å². The summed E-state index contributed by atoms with van der Waals surface area (Å²) in [7, 11) is 4.61. The molecule has 0 saturated carbocycles. The number of hydrogen-bond acceptors (Lipinski definition) is 3. The Hall–Kier alpha value is -0.610. The Bertz CT molecular complexity index is 90.2. The fourth-order valence-corrected chi connectivity index (χ4v) is 0.397. The van der Waals surface area contributed by atoms with Gasteiger partial charge in [-0.1, -0.05) is 0 Å². The van der Waals surface area contributed by atoms with Gasteiger partial charge >= 0.3 is 5.97 Å². The molecule has 1 atom stereocenters. The molecule has 9 heavy (non-hydrogen) atoms. The second-order valence-electron chi connectivity index (χ2n) is 1.55. The topological polar surface area (TPSA) is 63.1 Å². The predicted octanol–water partition coefficient (Wildman–Crippen LogP) is -2.12. The van der Waals surface area contributed by atoms with Crippen LogP contribution in [0.1, 0.15) is 0 Å². The lowest BCUT2D eigenvalue weighted by Crippen LogP contribution is -2.87. The van der Waals surface area contributed by atoms with Crippen molar-refractivity contribution in [2.45, 2.75) is 6.04 Å². The number of hydrogen-bond donors (Lipinski definition) is 2. The molecule has 0 spiro atoms. The minimum absolute atomic E-state index is 0.240. The third-order valence-electron chi connectivity index (χ3n) is 0.985. The molecule has 0 heterocycles. The summed E-state index contributed by atoms with van der Waals surface area (Å²) in [6.07, 6.45) is 0. The van der Waals surface area contributed by atoms with Crippen LogP contribution in [0.2, 0.25) is 0 Å². The molecule has 0 aromatic rings. The van der Waals surface area contributed by atoms with Crippen LogP contribution in [0.3, 0.4) is 0 Å². The molecule has 0 radical (unpaired) electrons. The maximum absolute atomic E-state index is 10.5. The van der Waals surface area contributed by atoms with Gasteiger partial charge in [0.25, 0.3) is 0 Å². The molecule has 0 aliphatic carbocycles. The Morgan fingerprint density at radius 3 is 2.67 bits per heavy atom. The number of nitrogens with two attached hydrogens (primary N) is 1. The Morgan fingerprint density at radius 2 is 2.56 bits per heavy atom. The smallest absolute Gasteiger partial charge is 0.364 e. The molecule has 4 nitrogen and oxygen atoms in total. The Balaban J connectivity index is 3.64. The van der Waals surface area contributed by atoms with Crippen molar-refractivity contribution >= 4 is 5.97 Å². The summed E-state index contributed by atoms with van der Waals surface area (Å²) < 4.78 is 4.32. The summed E-state index contributed by atoms with van der Waals surface area (Å²) in [6, 6.07) is -0.574. The first-order chi connectivity index (χ1) is 4.26. The summed E-state index contributed by atoms with van der Waals surface area (Å²) in [4.78, 5) is 10.5. The van der Waals surface area contributed by atoms with Gasteiger partial charge < -0.3 is 15.2 Å². The van der Waals surface area contributed by atoms with Crippen molar-refractivity contribution in [2.75, 3.05) is 13.7 Å². The van der Waals surface area contributed by atoms with Crippen molar-refractivity contribution in [1.82, 2.24) is 0 Å². The van der Waals surface area contributed by atoms with Crippen LogP contribution in [0, 0.1) is 7.05 Å². The number of esters is 1. The van der Waals surface area contributed by atoms with Crippen LogP contribution in [-0.2, 0) is 9.53 Å². The second kappa shape index (κ2) is 4.29.